The number of rotatable bonds is 3. The predicted octanol–water partition coefficient (Wildman–Crippen LogP) is 3.29. The third kappa shape index (κ3) is 3.58. The zero-order valence-corrected chi connectivity index (χ0v) is 9.79. The van der Waals surface area contributed by atoms with E-state index >= 15 is 0 Å². The predicted molar refractivity (Wildman–Crippen MR) is 65.1 cm³/mol. The quantitative estimate of drug-likeness (QED) is 0.906. The lowest BCUT2D eigenvalue weighted by molar-refractivity contribution is -0.115. The number of carbonyl (C=O) groups excluding carboxylic acids is 1. The fourth-order valence-electron chi connectivity index (χ4n) is 1.58. The van der Waals surface area contributed by atoms with Gasteiger partial charge >= 0.3 is 0 Å². The van der Waals surface area contributed by atoms with Crippen molar-refractivity contribution < 1.29 is 18.0 Å². The molecule has 1 amide bonds. The summed E-state index contributed by atoms with van der Waals surface area (Å²) in [6.07, 6.45) is -0.0454. The number of anilines is 1. The first kappa shape index (κ1) is 13.1. The molecule has 0 aromatic heterocycles. The maximum atomic E-state index is 13.3. The molecule has 0 heterocycles. The number of hydrogen-bond acceptors (Lipinski definition) is 1. The van der Waals surface area contributed by atoms with E-state index in [1.165, 1.54) is 24.3 Å². The molecule has 0 fully saturated rings. The van der Waals surface area contributed by atoms with E-state index in [9.17, 15) is 18.0 Å². The van der Waals surface area contributed by atoms with Crippen LogP contribution in [0.5, 0.6) is 0 Å². The van der Waals surface area contributed by atoms with E-state index in [4.69, 9.17) is 0 Å². The van der Waals surface area contributed by atoms with Gasteiger partial charge in [0.1, 0.15) is 17.5 Å². The van der Waals surface area contributed by atoms with E-state index in [2.05, 4.69) is 5.32 Å². The van der Waals surface area contributed by atoms with Crippen LogP contribution in [0.15, 0.2) is 42.5 Å². The minimum Gasteiger partial charge on any atom is -0.323 e. The summed E-state index contributed by atoms with van der Waals surface area (Å²) in [6, 6.07) is 8.16. The van der Waals surface area contributed by atoms with Gasteiger partial charge in [0.25, 0.3) is 0 Å². The van der Waals surface area contributed by atoms with Crippen molar-refractivity contribution in [2.75, 3.05) is 5.32 Å². The molecule has 0 saturated heterocycles. The molecule has 0 unspecified atom stereocenters. The zero-order chi connectivity index (χ0) is 13.8. The molecule has 2 rings (SSSR count). The molecule has 98 valence electrons. The summed E-state index contributed by atoms with van der Waals surface area (Å²) in [4.78, 5) is 11.6. The highest BCUT2D eigenvalue weighted by Crippen LogP contribution is 2.15. The normalized spacial score (nSPS) is 10.3. The van der Waals surface area contributed by atoms with Gasteiger partial charge in [0.2, 0.25) is 5.91 Å². The second-order valence-corrected chi connectivity index (χ2v) is 3.98. The van der Waals surface area contributed by atoms with Crippen LogP contribution in [0.4, 0.5) is 18.9 Å². The summed E-state index contributed by atoms with van der Waals surface area (Å²) in [7, 11) is 0. The van der Waals surface area contributed by atoms with Crippen LogP contribution in [-0.4, -0.2) is 5.91 Å². The molecule has 0 radical (unpaired) electrons. The Hall–Kier alpha value is -2.30. The average Bonchev–Trinajstić information content (AvgIpc) is 2.37. The number of nitrogens with one attached hydrogen (secondary N) is 1. The SMILES string of the molecule is O=C(Cc1ccc(F)cc1)Nc1cc(F)ccc1F. The number of hydrogen-bond donors (Lipinski definition) is 1. The standard InChI is InChI=1S/C14H10F3NO/c15-10-3-1-9(2-4-10)7-14(19)18-13-8-11(16)5-6-12(13)17/h1-6,8H,7H2,(H,18,19). The van der Waals surface area contributed by atoms with Crippen LogP contribution in [0.2, 0.25) is 0 Å². The van der Waals surface area contributed by atoms with Crippen LogP contribution in [0, 0.1) is 17.5 Å². The van der Waals surface area contributed by atoms with E-state index in [1.54, 1.807) is 0 Å². The molecule has 2 nitrogen and oxygen atoms in total. The Morgan fingerprint density at radius 2 is 1.58 bits per heavy atom. The molecule has 0 aliphatic heterocycles. The van der Waals surface area contributed by atoms with Crippen molar-refractivity contribution in [3.63, 3.8) is 0 Å². The number of benzene rings is 2. The van der Waals surface area contributed by atoms with Crippen LogP contribution in [0.3, 0.4) is 0 Å². The Labute approximate surface area is 107 Å². The number of halogens is 3. The van der Waals surface area contributed by atoms with Gasteiger partial charge in [0, 0.05) is 6.07 Å². The van der Waals surface area contributed by atoms with Crippen molar-refractivity contribution in [1.82, 2.24) is 0 Å². The first-order chi connectivity index (χ1) is 9.04. The summed E-state index contributed by atoms with van der Waals surface area (Å²) < 4.78 is 38.9. The third-order valence-electron chi connectivity index (χ3n) is 2.48. The first-order valence-electron chi connectivity index (χ1n) is 5.54. The van der Waals surface area contributed by atoms with Crippen LogP contribution >= 0.6 is 0 Å². The number of carbonyl (C=O) groups is 1. The highest BCUT2D eigenvalue weighted by atomic mass is 19.1. The van der Waals surface area contributed by atoms with Crippen LogP contribution in [0.1, 0.15) is 5.56 Å². The van der Waals surface area contributed by atoms with Gasteiger partial charge in [0.15, 0.2) is 0 Å². The van der Waals surface area contributed by atoms with E-state index in [-0.39, 0.29) is 12.1 Å². The Kier molecular flexibility index (Phi) is 3.85. The van der Waals surface area contributed by atoms with Crippen molar-refractivity contribution in [3.8, 4) is 0 Å². The molecule has 0 aliphatic carbocycles. The molecule has 0 spiro atoms. The Morgan fingerprint density at radius 3 is 2.26 bits per heavy atom. The van der Waals surface area contributed by atoms with Crippen molar-refractivity contribution in [3.05, 3.63) is 65.5 Å². The minimum absolute atomic E-state index is 0.0454. The van der Waals surface area contributed by atoms with Crippen molar-refractivity contribution in [2.24, 2.45) is 0 Å². The minimum atomic E-state index is -0.714. The van der Waals surface area contributed by atoms with Gasteiger partial charge in [-0.25, -0.2) is 13.2 Å². The molecule has 1 N–H and O–H groups in total. The van der Waals surface area contributed by atoms with Crippen molar-refractivity contribution in [1.29, 1.82) is 0 Å². The van der Waals surface area contributed by atoms with E-state index in [1.807, 2.05) is 0 Å². The van der Waals surface area contributed by atoms with Gasteiger partial charge in [-0.2, -0.15) is 0 Å². The molecular formula is C14H10F3NO. The Morgan fingerprint density at radius 1 is 0.947 bits per heavy atom. The monoisotopic (exact) mass is 265 g/mol. The molecular weight excluding hydrogens is 255 g/mol. The van der Waals surface area contributed by atoms with Crippen LogP contribution in [0.25, 0.3) is 0 Å². The van der Waals surface area contributed by atoms with Gasteiger partial charge in [-0.3, -0.25) is 4.79 Å². The molecule has 19 heavy (non-hydrogen) atoms. The van der Waals surface area contributed by atoms with Crippen LogP contribution < -0.4 is 5.32 Å². The fourth-order valence-corrected chi connectivity index (χ4v) is 1.58. The summed E-state index contributed by atoms with van der Waals surface area (Å²) >= 11 is 0. The Balaban J connectivity index is 2.05. The summed E-state index contributed by atoms with van der Waals surface area (Å²) in [6.45, 7) is 0. The summed E-state index contributed by atoms with van der Waals surface area (Å²) in [5, 5.41) is 2.27. The highest BCUT2D eigenvalue weighted by Gasteiger charge is 2.09. The largest absolute Gasteiger partial charge is 0.323 e. The summed E-state index contributed by atoms with van der Waals surface area (Å²) in [5.41, 5.74) is 0.364. The van der Waals surface area contributed by atoms with Gasteiger partial charge < -0.3 is 5.32 Å². The third-order valence-corrected chi connectivity index (χ3v) is 2.48. The first-order valence-corrected chi connectivity index (χ1v) is 5.54. The molecule has 2 aromatic carbocycles. The molecule has 0 aliphatic rings. The fraction of sp³-hybridized carbons (Fsp3) is 0.0714. The second kappa shape index (κ2) is 5.56. The second-order valence-electron chi connectivity index (χ2n) is 3.98. The van der Waals surface area contributed by atoms with E-state index in [0.29, 0.717) is 5.56 Å². The molecule has 5 heteroatoms. The number of amides is 1. The van der Waals surface area contributed by atoms with Gasteiger partial charge in [-0.05, 0) is 29.8 Å². The molecule has 0 atom stereocenters. The smallest absolute Gasteiger partial charge is 0.228 e. The maximum Gasteiger partial charge on any atom is 0.228 e. The topological polar surface area (TPSA) is 29.1 Å². The van der Waals surface area contributed by atoms with Crippen molar-refractivity contribution >= 4 is 11.6 Å². The average molecular weight is 265 g/mol. The van der Waals surface area contributed by atoms with Crippen molar-refractivity contribution in [2.45, 2.75) is 6.42 Å². The van der Waals surface area contributed by atoms with E-state index in [0.717, 1.165) is 18.2 Å². The molecule has 0 bridgehead atoms. The molecule has 0 saturated carbocycles. The molecule has 2 aromatic rings. The summed E-state index contributed by atoms with van der Waals surface area (Å²) in [5.74, 6) is -2.26. The lowest BCUT2D eigenvalue weighted by Gasteiger charge is -2.06. The maximum absolute atomic E-state index is 13.3. The van der Waals surface area contributed by atoms with E-state index < -0.39 is 23.4 Å². The lowest BCUT2D eigenvalue weighted by atomic mass is 10.1. The van der Waals surface area contributed by atoms with Gasteiger partial charge in [0.05, 0.1) is 12.1 Å². The zero-order valence-electron chi connectivity index (χ0n) is 9.79. The highest BCUT2D eigenvalue weighted by molar-refractivity contribution is 5.92. The Bertz CT molecular complexity index is 596. The van der Waals surface area contributed by atoms with Gasteiger partial charge in [-0.1, -0.05) is 12.1 Å². The van der Waals surface area contributed by atoms with Crippen LogP contribution in [-0.2, 0) is 11.2 Å². The van der Waals surface area contributed by atoms with Gasteiger partial charge in [-0.15, -0.1) is 0 Å². The lowest BCUT2D eigenvalue weighted by Crippen LogP contribution is -2.15.